The van der Waals surface area contributed by atoms with Gasteiger partial charge in [-0.2, -0.15) is 0 Å². The second-order valence-electron chi connectivity index (χ2n) is 5.20. The minimum atomic E-state index is -0.293. The van der Waals surface area contributed by atoms with Crippen molar-refractivity contribution in [3.8, 4) is 5.75 Å². The Balaban J connectivity index is 1.84. The maximum absolute atomic E-state index is 12.2. The van der Waals surface area contributed by atoms with Crippen LogP contribution in [0.4, 0.5) is 0 Å². The third-order valence-corrected chi connectivity index (χ3v) is 4.41. The lowest BCUT2D eigenvalue weighted by atomic mass is 10.1. The van der Waals surface area contributed by atoms with E-state index in [-0.39, 0.29) is 22.8 Å². The average molecular weight is 408 g/mol. The molecule has 0 aliphatic rings. The van der Waals surface area contributed by atoms with E-state index in [9.17, 15) is 9.59 Å². The van der Waals surface area contributed by atoms with Crippen molar-refractivity contribution in [1.29, 1.82) is 0 Å². The minimum Gasteiger partial charge on any atom is -0.485 e. The Hall–Kier alpha value is -2.11. The number of halogens is 2. The summed E-state index contributed by atoms with van der Waals surface area (Å²) in [5, 5.41) is 0.410. The first-order valence-corrected chi connectivity index (χ1v) is 8.26. The van der Waals surface area contributed by atoms with Crippen molar-refractivity contribution >= 4 is 44.3 Å². The maximum atomic E-state index is 12.2. The molecule has 0 unspecified atom stereocenters. The van der Waals surface area contributed by atoms with Gasteiger partial charge in [0.05, 0.1) is 5.39 Å². The van der Waals surface area contributed by atoms with Crippen molar-refractivity contribution in [3.05, 3.63) is 73.5 Å². The smallest absolute Gasteiger partial charge is 0.211 e. The van der Waals surface area contributed by atoms with Crippen LogP contribution < -0.4 is 10.2 Å². The van der Waals surface area contributed by atoms with Gasteiger partial charge in [0.1, 0.15) is 22.6 Å². The molecule has 0 fully saturated rings. The number of aryl methyl sites for hydroxylation is 1. The Morgan fingerprint density at radius 2 is 1.92 bits per heavy atom. The molecule has 1 heterocycles. The summed E-state index contributed by atoms with van der Waals surface area (Å²) in [6.07, 6.45) is 1.20. The van der Waals surface area contributed by atoms with Crippen molar-refractivity contribution in [3.63, 3.8) is 0 Å². The van der Waals surface area contributed by atoms with Crippen LogP contribution in [0.1, 0.15) is 15.9 Å². The number of fused-ring (bicyclic) bond motifs is 1. The largest absolute Gasteiger partial charge is 0.485 e. The number of benzene rings is 2. The molecule has 24 heavy (non-hydrogen) atoms. The maximum Gasteiger partial charge on any atom is 0.211 e. The van der Waals surface area contributed by atoms with Gasteiger partial charge in [0.25, 0.3) is 0 Å². The molecule has 1 aromatic heterocycles. The van der Waals surface area contributed by atoms with E-state index in [4.69, 9.17) is 20.8 Å². The number of hydrogen-bond acceptors (Lipinski definition) is 4. The van der Waals surface area contributed by atoms with E-state index in [2.05, 4.69) is 15.9 Å². The number of ether oxygens (including phenoxy) is 1. The number of rotatable bonds is 4. The summed E-state index contributed by atoms with van der Waals surface area (Å²) >= 11 is 9.10. The average Bonchev–Trinajstić information content (AvgIpc) is 2.58. The highest BCUT2D eigenvalue weighted by Crippen LogP contribution is 2.26. The summed E-state index contributed by atoms with van der Waals surface area (Å²) in [6, 6.07) is 10.3. The first-order chi connectivity index (χ1) is 11.5. The molecule has 122 valence electrons. The molecule has 0 saturated heterocycles. The molecule has 0 N–H and O–H groups in total. The molecule has 0 radical (unpaired) electrons. The van der Waals surface area contributed by atoms with E-state index in [1.165, 1.54) is 6.26 Å². The van der Waals surface area contributed by atoms with E-state index >= 15 is 0 Å². The third kappa shape index (κ3) is 3.23. The topological polar surface area (TPSA) is 56.5 Å². The quantitative estimate of drug-likeness (QED) is 0.584. The summed E-state index contributed by atoms with van der Waals surface area (Å²) < 4.78 is 11.9. The van der Waals surface area contributed by atoms with Crippen LogP contribution in [-0.4, -0.2) is 12.4 Å². The molecular weight excluding hydrogens is 396 g/mol. The van der Waals surface area contributed by atoms with Gasteiger partial charge in [-0.05, 0) is 31.2 Å². The van der Waals surface area contributed by atoms with Crippen molar-refractivity contribution in [2.45, 2.75) is 6.92 Å². The normalized spacial score (nSPS) is 10.8. The van der Waals surface area contributed by atoms with Crippen molar-refractivity contribution in [2.24, 2.45) is 0 Å². The highest BCUT2D eigenvalue weighted by molar-refractivity contribution is 9.10. The fourth-order valence-electron chi connectivity index (χ4n) is 2.32. The first kappa shape index (κ1) is 16.7. The molecule has 6 heteroatoms. The Labute approximate surface area is 151 Å². The van der Waals surface area contributed by atoms with Crippen LogP contribution >= 0.6 is 27.5 Å². The van der Waals surface area contributed by atoms with Crippen molar-refractivity contribution < 1.29 is 13.9 Å². The fourth-order valence-corrected chi connectivity index (χ4v) is 2.73. The summed E-state index contributed by atoms with van der Waals surface area (Å²) in [4.78, 5) is 24.2. The minimum absolute atomic E-state index is 0.0287. The van der Waals surface area contributed by atoms with Gasteiger partial charge in [0.2, 0.25) is 5.43 Å². The predicted octanol–water partition coefficient (Wildman–Crippen LogP) is 4.78. The van der Waals surface area contributed by atoms with E-state index in [1.54, 1.807) is 43.3 Å². The Bertz CT molecular complexity index is 977. The van der Waals surface area contributed by atoms with Crippen molar-refractivity contribution in [2.75, 3.05) is 6.61 Å². The molecule has 3 rings (SSSR count). The van der Waals surface area contributed by atoms with Crippen LogP contribution in [-0.2, 0) is 0 Å². The first-order valence-electron chi connectivity index (χ1n) is 7.09. The van der Waals surface area contributed by atoms with Gasteiger partial charge in [0.15, 0.2) is 12.4 Å². The summed E-state index contributed by atoms with van der Waals surface area (Å²) in [5.41, 5.74) is 1.32. The molecule has 0 saturated carbocycles. The zero-order valence-electron chi connectivity index (χ0n) is 12.6. The Morgan fingerprint density at radius 3 is 2.62 bits per heavy atom. The van der Waals surface area contributed by atoms with E-state index in [0.29, 0.717) is 27.8 Å². The molecule has 3 aromatic rings. The summed E-state index contributed by atoms with van der Waals surface area (Å²) in [5.74, 6) is 0.345. The van der Waals surface area contributed by atoms with Gasteiger partial charge in [0, 0.05) is 15.6 Å². The number of ketones is 1. The van der Waals surface area contributed by atoms with Gasteiger partial charge >= 0.3 is 0 Å². The van der Waals surface area contributed by atoms with Crippen molar-refractivity contribution in [1.82, 2.24) is 0 Å². The van der Waals surface area contributed by atoms with Gasteiger partial charge in [-0.3, -0.25) is 9.59 Å². The molecule has 4 nitrogen and oxygen atoms in total. The summed E-state index contributed by atoms with van der Waals surface area (Å²) in [7, 11) is 0. The Kier molecular flexibility index (Phi) is 4.73. The molecule has 0 aliphatic heterocycles. The Morgan fingerprint density at radius 1 is 1.21 bits per heavy atom. The monoisotopic (exact) mass is 406 g/mol. The van der Waals surface area contributed by atoms with E-state index in [1.807, 2.05) is 0 Å². The van der Waals surface area contributed by atoms with Gasteiger partial charge in [-0.15, -0.1) is 0 Å². The second-order valence-corrected chi connectivity index (χ2v) is 6.52. The SMILES string of the molecule is Cc1c(OCC(=O)c2ccc(Br)cc2)ccc2c(=O)c(Cl)coc12. The highest BCUT2D eigenvalue weighted by Gasteiger charge is 2.13. The molecule has 0 amide bonds. The molecule has 0 atom stereocenters. The lowest BCUT2D eigenvalue weighted by Gasteiger charge is -2.10. The second kappa shape index (κ2) is 6.79. The molecule has 0 spiro atoms. The zero-order valence-corrected chi connectivity index (χ0v) is 15.0. The number of Topliss-reactive ketones (excluding diaryl/α,β-unsaturated/α-hetero) is 1. The summed E-state index contributed by atoms with van der Waals surface area (Å²) in [6.45, 7) is 1.66. The van der Waals surface area contributed by atoms with Crippen LogP contribution in [0.25, 0.3) is 11.0 Å². The fraction of sp³-hybridized carbons (Fsp3) is 0.111. The number of carbonyl (C=O) groups excluding carboxylic acids is 1. The highest BCUT2D eigenvalue weighted by atomic mass is 79.9. The lowest BCUT2D eigenvalue weighted by molar-refractivity contribution is 0.0921. The molecule has 2 aromatic carbocycles. The van der Waals surface area contributed by atoms with Gasteiger partial charge < -0.3 is 9.15 Å². The number of hydrogen-bond donors (Lipinski definition) is 0. The standard InChI is InChI=1S/C18H12BrClO4/c1-10-16(7-6-13-17(22)14(20)8-24-18(10)13)23-9-15(21)11-2-4-12(19)5-3-11/h2-8H,9H2,1H3. The van der Waals surface area contributed by atoms with Gasteiger partial charge in [-0.25, -0.2) is 0 Å². The van der Waals surface area contributed by atoms with E-state index < -0.39 is 0 Å². The zero-order chi connectivity index (χ0) is 17.3. The molecule has 0 bridgehead atoms. The third-order valence-electron chi connectivity index (χ3n) is 3.62. The molecular formula is C18H12BrClO4. The lowest BCUT2D eigenvalue weighted by Crippen LogP contribution is -2.12. The van der Waals surface area contributed by atoms with Crippen LogP contribution in [0, 0.1) is 6.92 Å². The van der Waals surface area contributed by atoms with Crippen LogP contribution in [0.2, 0.25) is 5.02 Å². The van der Waals surface area contributed by atoms with Gasteiger partial charge in [-0.1, -0.05) is 39.7 Å². The van der Waals surface area contributed by atoms with Crippen LogP contribution in [0.3, 0.4) is 0 Å². The molecule has 0 aliphatic carbocycles. The number of carbonyl (C=O) groups is 1. The van der Waals surface area contributed by atoms with E-state index in [0.717, 1.165) is 4.47 Å². The predicted molar refractivity (Wildman–Crippen MR) is 96.2 cm³/mol. The van der Waals surface area contributed by atoms with Crippen LogP contribution in [0.15, 0.2) is 56.3 Å². The van der Waals surface area contributed by atoms with Crippen LogP contribution in [0.5, 0.6) is 5.75 Å².